The Morgan fingerprint density at radius 1 is 0.291 bits per heavy atom. The Hall–Kier alpha value is -7.36. The molecule has 11 rings (SSSR count). The lowest BCUT2D eigenvalue weighted by atomic mass is 9.91. The van der Waals surface area contributed by atoms with Crippen LogP contribution in [0.4, 0.5) is 34.1 Å². The van der Waals surface area contributed by atoms with Crippen LogP contribution in [0, 0.1) is 0 Å². The number of anilines is 6. The summed E-state index contributed by atoms with van der Waals surface area (Å²) in [6.45, 7) is 0. The van der Waals surface area contributed by atoms with Crippen LogP contribution in [0.15, 0.2) is 211 Å². The monoisotopic (exact) mass is 702 g/mol. The van der Waals surface area contributed by atoms with Crippen LogP contribution in [0.1, 0.15) is 0 Å². The quantitative estimate of drug-likeness (QED) is 0.165. The standard InChI is InChI=1S/C52H34N2O/c1-5-15-35(16-6-1)36-25-27-40(28-26-36)54(39-21-11-4-12-22-39)46-32-34-48-52-50(46)42-24-14-13-23-41(42)43-29-31-45(44-30-33-47(55-48)51(52)49(43)44)53(37-17-7-2-8-18-37)38-19-9-3-10-20-38/h1-34H. The van der Waals surface area contributed by atoms with Crippen molar-refractivity contribution in [2.75, 3.05) is 9.80 Å². The summed E-state index contributed by atoms with van der Waals surface area (Å²) in [5, 5.41) is 4.65. The lowest BCUT2D eigenvalue weighted by Crippen LogP contribution is -2.11. The largest absolute Gasteiger partial charge is 0.456 e. The van der Waals surface area contributed by atoms with Crippen LogP contribution >= 0.6 is 0 Å². The van der Waals surface area contributed by atoms with Gasteiger partial charge in [0.2, 0.25) is 0 Å². The van der Waals surface area contributed by atoms with Crippen LogP contribution in [-0.2, 0) is 0 Å². The number of hydrogen-bond acceptors (Lipinski definition) is 3. The topological polar surface area (TPSA) is 19.6 Å². The summed E-state index contributed by atoms with van der Waals surface area (Å²) in [4.78, 5) is 4.76. The molecule has 258 valence electrons. The second-order valence-electron chi connectivity index (χ2n) is 14.1. The summed E-state index contributed by atoms with van der Waals surface area (Å²) in [6, 6.07) is 73.8. The molecule has 1 aromatic heterocycles. The van der Waals surface area contributed by atoms with Gasteiger partial charge < -0.3 is 14.2 Å². The van der Waals surface area contributed by atoms with Gasteiger partial charge in [-0.2, -0.15) is 0 Å². The van der Waals surface area contributed by atoms with Gasteiger partial charge in [0.1, 0.15) is 11.2 Å². The van der Waals surface area contributed by atoms with Gasteiger partial charge >= 0.3 is 0 Å². The summed E-state index contributed by atoms with van der Waals surface area (Å²) in [5.41, 5.74) is 15.5. The van der Waals surface area contributed by atoms with Gasteiger partial charge in [0.25, 0.3) is 0 Å². The molecular formula is C52H34N2O. The first-order valence-electron chi connectivity index (χ1n) is 18.8. The smallest absolute Gasteiger partial charge is 0.136 e. The molecule has 0 unspecified atom stereocenters. The number of para-hydroxylation sites is 3. The SMILES string of the molecule is c1ccc(-c2ccc(N(c3ccccc3)c3ccc4oc5ccc6c(N(c7ccccc7)c7ccccc7)ccc7c6c5c4c3-c3ccccc3-7)cc2)cc1. The molecule has 3 heteroatoms. The number of fused-ring (bicyclic) bond motifs is 3. The van der Waals surface area contributed by atoms with E-state index >= 15 is 0 Å². The Morgan fingerprint density at radius 3 is 1.40 bits per heavy atom. The third-order valence-electron chi connectivity index (χ3n) is 11.0. The predicted molar refractivity (Wildman–Crippen MR) is 230 cm³/mol. The second kappa shape index (κ2) is 12.6. The first-order chi connectivity index (χ1) is 27.3. The predicted octanol–water partition coefficient (Wildman–Crippen LogP) is 15.0. The lowest BCUT2D eigenvalue weighted by molar-refractivity contribution is 0.669. The summed E-state index contributed by atoms with van der Waals surface area (Å²) >= 11 is 0. The molecule has 0 amide bonds. The Balaban J connectivity index is 1.21. The van der Waals surface area contributed by atoms with Gasteiger partial charge in [-0.25, -0.2) is 0 Å². The highest BCUT2D eigenvalue weighted by Gasteiger charge is 2.29. The van der Waals surface area contributed by atoms with Gasteiger partial charge in [0, 0.05) is 49.9 Å². The third-order valence-corrected chi connectivity index (χ3v) is 11.0. The van der Waals surface area contributed by atoms with E-state index < -0.39 is 0 Å². The highest BCUT2D eigenvalue weighted by atomic mass is 16.3. The van der Waals surface area contributed by atoms with E-state index in [2.05, 4.69) is 216 Å². The molecule has 0 radical (unpaired) electrons. The maximum atomic E-state index is 6.79. The molecule has 0 bridgehead atoms. The Labute approximate surface area is 319 Å². The van der Waals surface area contributed by atoms with Crippen LogP contribution in [0.3, 0.4) is 0 Å². The van der Waals surface area contributed by atoms with Crippen LogP contribution in [0.2, 0.25) is 0 Å². The van der Waals surface area contributed by atoms with Gasteiger partial charge in [0.15, 0.2) is 0 Å². The van der Waals surface area contributed by atoms with Gasteiger partial charge in [-0.3, -0.25) is 0 Å². The van der Waals surface area contributed by atoms with Crippen molar-refractivity contribution < 1.29 is 4.42 Å². The molecule has 0 N–H and O–H groups in total. The zero-order valence-corrected chi connectivity index (χ0v) is 29.9. The molecule has 1 aliphatic carbocycles. The van der Waals surface area contributed by atoms with E-state index in [4.69, 9.17) is 4.42 Å². The van der Waals surface area contributed by atoms with Gasteiger partial charge in [0.05, 0.1) is 11.4 Å². The summed E-state index contributed by atoms with van der Waals surface area (Å²) in [7, 11) is 0. The first kappa shape index (κ1) is 31.2. The second-order valence-corrected chi connectivity index (χ2v) is 14.1. The number of nitrogens with zero attached hydrogens (tertiary/aromatic N) is 2. The minimum Gasteiger partial charge on any atom is -0.456 e. The normalized spacial score (nSPS) is 11.6. The van der Waals surface area contributed by atoms with Crippen molar-refractivity contribution in [3.05, 3.63) is 206 Å². The van der Waals surface area contributed by atoms with E-state index in [-0.39, 0.29) is 0 Å². The molecule has 0 saturated carbocycles. The molecule has 1 aliphatic rings. The minimum absolute atomic E-state index is 0.879. The first-order valence-corrected chi connectivity index (χ1v) is 18.8. The fourth-order valence-electron chi connectivity index (χ4n) is 8.60. The van der Waals surface area contributed by atoms with E-state index in [1.54, 1.807) is 0 Å². The van der Waals surface area contributed by atoms with Crippen molar-refractivity contribution in [2.45, 2.75) is 0 Å². The number of benzene rings is 9. The number of furan rings is 1. The van der Waals surface area contributed by atoms with Crippen molar-refractivity contribution in [3.63, 3.8) is 0 Å². The van der Waals surface area contributed by atoms with Crippen LogP contribution in [0.25, 0.3) is 66.1 Å². The third kappa shape index (κ3) is 4.98. The summed E-state index contributed by atoms with van der Waals surface area (Å²) in [5.74, 6) is 0. The van der Waals surface area contributed by atoms with E-state index in [1.165, 1.54) is 38.6 Å². The molecule has 3 nitrogen and oxygen atoms in total. The minimum atomic E-state index is 0.879. The van der Waals surface area contributed by atoms with Crippen molar-refractivity contribution in [1.82, 2.24) is 0 Å². The fourth-order valence-corrected chi connectivity index (χ4v) is 8.60. The highest BCUT2D eigenvalue weighted by molar-refractivity contribution is 6.31. The molecule has 0 aliphatic heterocycles. The lowest BCUT2D eigenvalue weighted by Gasteiger charge is -2.28. The molecule has 55 heavy (non-hydrogen) atoms. The van der Waals surface area contributed by atoms with Crippen LogP contribution < -0.4 is 9.80 Å². The summed E-state index contributed by atoms with van der Waals surface area (Å²) < 4.78 is 6.79. The van der Waals surface area contributed by atoms with Crippen LogP contribution in [0.5, 0.6) is 0 Å². The summed E-state index contributed by atoms with van der Waals surface area (Å²) in [6.07, 6.45) is 0. The molecule has 9 aromatic carbocycles. The number of hydrogen-bond donors (Lipinski definition) is 0. The molecule has 0 atom stereocenters. The Bertz CT molecular complexity index is 2970. The maximum absolute atomic E-state index is 6.79. The Morgan fingerprint density at radius 2 is 0.764 bits per heavy atom. The van der Waals surface area contributed by atoms with Crippen molar-refractivity contribution in [2.24, 2.45) is 0 Å². The zero-order chi connectivity index (χ0) is 36.3. The van der Waals surface area contributed by atoms with E-state index in [0.717, 1.165) is 61.6 Å². The van der Waals surface area contributed by atoms with E-state index in [1.807, 2.05) is 0 Å². The van der Waals surface area contributed by atoms with Gasteiger partial charge in [-0.15, -0.1) is 0 Å². The van der Waals surface area contributed by atoms with E-state index in [0.29, 0.717) is 0 Å². The van der Waals surface area contributed by atoms with Gasteiger partial charge in [-0.1, -0.05) is 127 Å². The van der Waals surface area contributed by atoms with Crippen LogP contribution in [-0.4, -0.2) is 0 Å². The average molecular weight is 703 g/mol. The maximum Gasteiger partial charge on any atom is 0.136 e. The van der Waals surface area contributed by atoms with Crippen molar-refractivity contribution in [1.29, 1.82) is 0 Å². The average Bonchev–Trinajstić information content (AvgIpc) is 3.58. The zero-order valence-electron chi connectivity index (χ0n) is 29.9. The molecule has 1 heterocycles. The fraction of sp³-hybridized carbons (Fsp3) is 0. The molecule has 0 fully saturated rings. The Kier molecular flexibility index (Phi) is 7.17. The van der Waals surface area contributed by atoms with E-state index in [9.17, 15) is 0 Å². The molecule has 0 saturated heterocycles. The number of rotatable bonds is 7. The van der Waals surface area contributed by atoms with Crippen molar-refractivity contribution in [3.8, 4) is 33.4 Å². The molecule has 0 spiro atoms. The highest BCUT2D eigenvalue weighted by Crippen LogP contribution is 2.55. The van der Waals surface area contributed by atoms with Crippen molar-refractivity contribution >= 4 is 66.8 Å². The molecular weight excluding hydrogens is 669 g/mol. The molecule has 10 aromatic rings. The van der Waals surface area contributed by atoms with Gasteiger partial charge in [-0.05, 0) is 107 Å².